The van der Waals surface area contributed by atoms with Crippen LogP contribution in [0.15, 0.2) is 54.6 Å². The van der Waals surface area contributed by atoms with Crippen molar-refractivity contribution < 1.29 is 9.90 Å². The summed E-state index contributed by atoms with van der Waals surface area (Å²) in [6.45, 7) is 0.347. The van der Waals surface area contributed by atoms with E-state index in [1.165, 1.54) is 0 Å². The summed E-state index contributed by atoms with van der Waals surface area (Å²) >= 11 is 0. The van der Waals surface area contributed by atoms with Gasteiger partial charge >= 0.3 is 0 Å². The summed E-state index contributed by atoms with van der Waals surface area (Å²) in [6.07, 6.45) is 0. The first-order chi connectivity index (χ1) is 13.1. The topological polar surface area (TPSA) is 92.0 Å². The van der Waals surface area contributed by atoms with Gasteiger partial charge in [0.05, 0.1) is 29.3 Å². The van der Waals surface area contributed by atoms with Gasteiger partial charge in [0, 0.05) is 22.9 Å². The number of rotatable bonds is 4. The highest BCUT2D eigenvalue weighted by molar-refractivity contribution is 6.17. The number of carbonyl (C=O) groups excluding carboxylic acids is 1. The number of nitriles is 1. The van der Waals surface area contributed by atoms with Crippen LogP contribution in [0.4, 0.5) is 0 Å². The van der Waals surface area contributed by atoms with Crippen molar-refractivity contribution in [3.8, 4) is 6.07 Å². The number of aromatic nitrogens is 1. The predicted octanol–water partition coefficient (Wildman–Crippen LogP) is 3.11. The molecule has 0 unspecified atom stereocenters. The zero-order valence-corrected chi connectivity index (χ0v) is 14.4. The standard InChI is InChI=1S/C22H16N3O2/c23-11-15-4-1-2-5-16(15)12-25-19-7-3-6-18(22(24)27)21(19)17-9-8-14(13-26)10-20(17)25/h1-8,10,26H,12-13H2,(H2,24,27). The van der Waals surface area contributed by atoms with E-state index in [2.05, 4.69) is 12.1 Å². The normalized spacial score (nSPS) is 11.0. The third-order valence-corrected chi connectivity index (χ3v) is 4.77. The smallest absolute Gasteiger partial charge is 0.249 e. The lowest BCUT2D eigenvalue weighted by molar-refractivity contribution is 0.100. The van der Waals surface area contributed by atoms with E-state index in [1.807, 2.05) is 34.9 Å². The number of benzene rings is 3. The second kappa shape index (κ2) is 6.60. The second-order valence-electron chi connectivity index (χ2n) is 6.35. The van der Waals surface area contributed by atoms with Gasteiger partial charge in [-0.3, -0.25) is 4.79 Å². The first-order valence-electron chi connectivity index (χ1n) is 8.48. The molecule has 0 fully saturated rings. The molecule has 1 heterocycles. The van der Waals surface area contributed by atoms with Gasteiger partial charge in [-0.15, -0.1) is 0 Å². The van der Waals surface area contributed by atoms with Gasteiger partial charge in [-0.25, -0.2) is 0 Å². The number of nitrogens with two attached hydrogens (primary N) is 1. The van der Waals surface area contributed by atoms with Gasteiger partial charge in [0.1, 0.15) is 0 Å². The van der Waals surface area contributed by atoms with Crippen LogP contribution in [0.3, 0.4) is 0 Å². The zero-order chi connectivity index (χ0) is 19.0. The lowest BCUT2D eigenvalue weighted by Gasteiger charge is -2.10. The van der Waals surface area contributed by atoms with Crippen molar-refractivity contribution in [1.29, 1.82) is 5.26 Å². The molecule has 5 heteroatoms. The monoisotopic (exact) mass is 354 g/mol. The summed E-state index contributed by atoms with van der Waals surface area (Å²) < 4.78 is 2.03. The number of amides is 1. The highest BCUT2D eigenvalue weighted by Gasteiger charge is 2.17. The molecule has 0 atom stereocenters. The minimum Gasteiger partial charge on any atom is -0.392 e. The van der Waals surface area contributed by atoms with Crippen molar-refractivity contribution in [3.05, 3.63) is 82.9 Å². The fourth-order valence-electron chi connectivity index (χ4n) is 3.50. The minimum absolute atomic E-state index is 0.106. The Morgan fingerprint density at radius 3 is 2.74 bits per heavy atom. The van der Waals surface area contributed by atoms with Crippen LogP contribution in [0.2, 0.25) is 0 Å². The Labute approximate surface area is 155 Å². The minimum atomic E-state index is -0.503. The summed E-state index contributed by atoms with van der Waals surface area (Å²) in [6, 6.07) is 21.8. The van der Waals surface area contributed by atoms with E-state index in [-0.39, 0.29) is 6.61 Å². The van der Waals surface area contributed by atoms with Crippen molar-refractivity contribution in [1.82, 2.24) is 4.57 Å². The molecule has 0 aliphatic rings. The van der Waals surface area contributed by atoms with Crippen molar-refractivity contribution >= 4 is 27.7 Å². The van der Waals surface area contributed by atoms with Crippen LogP contribution in [0.5, 0.6) is 0 Å². The first-order valence-corrected chi connectivity index (χ1v) is 8.48. The van der Waals surface area contributed by atoms with E-state index in [4.69, 9.17) is 5.73 Å². The van der Waals surface area contributed by atoms with Gasteiger partial charge in [0.2, 0.25) is 5.91 Å². The predicted molar refractivity (Wildman–Crippen MR) is 103 cm³/mol. The molecule has 0 spiro atoms. The molecule has 0 saturated heterocycles. The SMILES string of the molecule is N#Cc1ccccc1Cn1c2cc(CO)c[c]c2c2c(C(N)=O)cccc21. The van der Waals surface area contributed by atoms with Crippen LogP contribution in [-0.4, -0.2) is 15.6 Å². The van der Waals surface area contributed by atoms with Crippen molar-refractivity contribution in [3.63, 3.8) is 0 Å². The average molecular weight is 354 g/mol. The Morgan fingerprint density at radius 2 is 2.00 bits per heavy atom. The molecule has 27 heavy (non-hydrogen) atoms. The van der Waals surface area contributed by atoms with Crippen LogP contribution in [0, 0.1) is 17.4 Å². The third-order valence-electron chi connectivity index (χ3n) is 4.77. The summed E-state index contributed by atoms with van der Waals surface area (Å²) in [4.78, 5) is 12.0. The molecule has 5 nitrogen and oxygen atoms in total. The maximum absolute atomic E-state index is 12.0. The highest BCUT2D eigenvalue weighted by atomic mass is 16.3. The fourth-order valence-corrected chi connectivity index (χ4v) is 3.50. The van der Waals surface area contributed by atoms with Crippen LogP contribution >= 0.6 is 0 Å². The number of hydrogen-bond acceptors (Lipinski definition) is 3. The molecule has 3 aromatic carbocycles. The van der Waals surface area contributed by atoms with Crippen LogP contribution in [-0.2, 0) is 13.2 Å². The molecule has 0 aliphatic heterocycles. The molecular formula is C22H16N3O2. The van der Waals surface area contributed by atoms with Crippen LogP contribution in [0.1, 0.15) is 27.0 Å². The van der Waals surface area contributed by atoms with E-state index < -0.39 is 5.91 Å². The largest absolute Gasteiger partial charge is 0.392 e. The Balaban J connectivity index is 2.07. The Kier molecular flexibility index (Phi) is 4.11. The van der Waals surface area contributed by atoms with Crippen LogP contribution in [0.25, 0.3) is 21.8 Å². The summed E-state index contributed by atoms with van der Waals surface area (Å²) in [5.41, 5.74) is 9.88. The number of hydrogen-bond donors (Lipinski definition) is 2. The Bertz CT molecular complexity index is 1230. The lowest BCUT2D eigenvalue weighted by Crippen LogP contribution is -2.11. The van der Waals surface area contributed by atoms with E-state index in [0.29, 0.717) is 17.7 Å². The van der Waals surface area contributed by atoms with E-state index in [9.17, 15) is 15.2 Å². The average Bonchev–Trinajstić information content (AvgIpc) is 3.01. The Hall–Kier alpha value is -3.62. The Morgan fingerprint density at radius 1 is 1.19 bits per heavy atom. The van der Waals surface area contributed by atoms with E-state index in [0.717, 1.165) is 32.9 Å². The molecule has 131 valence electrons. The molecule has 0 saturated carbocycles. The zero-order valence-electron chi connectivity index (χ0n) is 14.4. The number of carbonyl (C=O) groups is 1. The van der Waals surface area contributed by atoms with Gasteiger partial charge in [0.15, 0.2) is 0 Å². The molecule has 4 aromatic rings. The van der Waals surface area contributed by atoms with Crippen molar-refractivity contribution in [2.75, 3.05) is 0 Å². The summed E-state index contributed by atoms with van der Waals surface area (Å²) in [5, 5.41) is 20.4. The molecule has 1 amide bonds. The van der Waals surface area contributed by atoms with Gasteiger partial charge in [-0.05, 0) is 47.5 Å². The van der Waals surface area contributed by atoms with E-state index >= 15 is 0 Å². The number of aliphatic hydroxyl groups is 1. The second-order valence-corrected chi connectivity index (χ2v) is 6.35. The molecule has 3 N–H and O–H groups in total. The molecule has 0 aliphatic carbocycles. The maximum atomic E-state index is 12.0. The van der Waals surface area contributed by atoms with Gasteiger partial charge < -0.3 is 15.4 Å². The van der Waals surface area contributed by atoms with Gasteiger partial charge in [-0.2, -0.15) is 5.26 Å². The number of aliphatic hydroxyl groups excluding tert-OH is 1. The quantitative estimate of drug-likeness (QED) is 0.590. The number of fused-ring (bicyclic) bond motifs is 3. The number of primary amides is 1. The molecule has 4 rings (SSSR count). The van der Waals surface area contributed by atoms with Crippen molar-refractivity contribution in [2.45, 2.75) is 13.2 Å². The molecule has 0 bridgehead atoms. The third kappa shape index (κ3) is 2.73. The summed E-state index contributed by atoms with van der Waals surface area (Å²) in [5.74, 6) is -0.503. The van der Waals surface area contributed by atoms with E-state index in [1.54, 1.807) is 24.3 Å². The number of nitrogens with zero attached hydrogens (tertiary/aromatic N) is 2. The fraction of sp³-hybridized carbons (Fsp3) is 0.0909. The van der Waals surface area contributed by atoms with Crippen molar-refractivity contribution in [2.24, 2.45) is 5.73 Å². The molecule has 1 aromatic heterocycles. The molecule has 1 radical (unpaired) electrons. The van der Waals surface area contributed by atoms with Gasteiger partial charge in [-0.1, -0.05) is 24.3 Å². The van der Waals surface area contributed by atoms with Gasteiger partial charge in [0.25, 0.3) is 0 Å². The molecular weight excluding hydrogens is 338 g/mol. The highest BCUT2D eigenvalue weighted by Crippen LogP contribution is 2.33. The summed E-state index contributed by atoms with van der Waals surface area (Å²) in [7, 11) is 0. The first kappa shape index (κ1) is 16.8. The lowest BCUT2D eigenvalue weighted by atomic mass is 10.0. The maximum Gasteiger partial charge on any atom is 0.249 e. The van der Waals surface area contributed by atoms with Crippen LogP contribution < -0.4 is 5.73 Å².